The number of carbonyl (C=O) groups is 1. The van der Waals surface area contributed by atoms with Crippen molar-refractivity contribution in [3.63, 3.8) is 0 Å². The van der Waals surface area contributed by atoms with E-state index in [0.717, 1.165) is 5.56 Å². The fourth-order valence-corrected chi connectivity index (χ4v) is 4.34. The Morgan fingerprint density at radius 2 is 1.93 bits per heavy atom. The van der Waals surface area contributed by atoms with E-state index in [0.29, 0.717) is 43.1 Å². The van der Waals surface area contributed by atoms with Crippen molar-refractivity contribution in [2.45, 2.75) is 31.5 Å². The number of ether oxygens (including phenoxy) is 2. The van der Waals surface area contributed by atoms with Crippen molar-refractivity contribution in [1.82, 2.24) is 15.3 Å². The van der Waals surface area contributed by atoms with Gasteiger partial charge in [-0.2, -0.15) is 0 Å². The molecule has 0 atom stereocenters. The van der Waals surface area contributed by atoms with E-state index in [1.807, 2.05) is 45.2 Å². The molecule has 2 heterocycles. The van der Waals surface area contributed by atoms with Crippen LogP contribution >= 0.6 is 23.1 Å². The van der Waals surface area contributed by atoms with Crippen LogP contribution in [0.25, 0.3) is 21.5 Å². The second-order valence-corrected chi connectivity index (χ2v) is 9.10. The molecule has 0 bridgehead atoms. The predicted octanol–water partition coefficient (Wildman–Crippen LogP) is 4.21. The van der Waals surface area contributed by atoms with Crippen molar-refractivity contribution in [2.75, 3.05) is 26.2 Å². The molecule has 0 aliphatic rings. The molecule has 7 nitrogen and oxygen atoms in total. The van der Waals surface area contributed by atoms with E-state index in [-0.39, 0.29) is 11.4 Å². The number of thiophene rings is 1. The molecule has 3 rings (SSSR count). The fraction of sp³-hybridized carbons (Fsp3) is 0.350. The summed E-state index contributed by atoms with van der Waals surface area (Å²) in [6.07, 6.45) is 1.90. The number of fused-ring (bicyclic) bond motifs is 1. The fourth-order valence-electron chi connectivity index (χ4n) is 2.93. The summed E-state index contributed by atoms with van der Waals surface area (Å²) in [7, 11) is 3.16. The molecule has 0 unspecified atom stereocenters. The summed E-state index contributed by atoms with van der Waals surface area (Å²) >= 11 is 2.68. The second-order valence-electron chi connectivity index (χ2n) is 7.33. The molecule has 9 heteroatoms. The number of nitrogen functional groups attached to an aromatic ring is 1. The normalized spacial score (nSPS) is 11.5. The number of amides is 1. The van der Waals surface area contributed by atoms with Gasteiger partial charge in [0.15, 0.2) is 16.7 Å². The van der Waals surface area contributed by atoms with Gasteiger partial charge in [-0.05, 0) is 39.2 Å². The van der Waals surface area contributed by atoms with Gasteiger partial charge in [-0.1, -0.05) is 17.8 Å². The summed E-state index contributed by atoms with van der Waals surface area (Å²) in [5.74, 6) is 0.905. The molecular formula is C20H24N4O3S2. The lowest BCUT2D eigenvalue weighted by molar-refractivity contribution is 0.0924. The zero-order valence-electron chi connectivity index (χ0n) is 17.2. The van der Waals surface area contributed by atoms with Crippen LogP contribution in [0.15, 0.2) is 23.4 Å². The number of hydrogen-bond donors (Lipinski definition) is 2. The second kappa shape index (κ2) is 8.08. The molecule has 3 N–H and O–H groups in total. The maximum absolute atomic E-state index is 12.8. The van der Waals surface area contributed by atoms with E-state index in [4.69, 9.17) is 20.2 Å². The van der Waals surface area contributed by atoms with Gasteiger partial charge in [0.2, 0.25) is 0 Å². The lowest BCUT2D eigenvalue weighted by Gasteiger charge is -2.20. The van der Waals surface area contributed by atoms with Crippen LogP contribution in [0.2, 0.25) is 0 Å². The number of nitrogens with one attached hydrogen (secondary N) is 1. The zero-order chi connectivity index (χ0) is 21.3. The van der Waals surface area contributed by atoms with Crippen LogP contribution < -0.4 is 20.5 Å². The first-order valence-electron chi connectivity index (χ1n) is 8.88. The van der Waals surface area contributed by atoms with Gasteiger partial charge in [0, 0.05) is 11.1 Å². The molecule has 1 amide bonds. The van der Waals surface area contributed by atoms with Gasteiger partial charge in [-0.25, -0.2) is 9.97 Å². The van der Waals surface area contributed by atoms with Crippen molar-refractivity contribution in [1.29, 1.82) is 0 Å². The number of para-hydroxylation sites is 1. The van der Waals surface area contributed by atoms with Gasteiger partial charge < -0.3 is 20.5 Å². The van der Waals surface area contributed by atoms with E-state index >= 15 is 0 Å². The maximum Gasteiger partial charge on any atom is 0.263 e. The molecule has 3 aromatic rings. The van der Waals surface area contributed by atoms with Gasteiger partial charge in [0.1, 0.15) is 9.71 Å². The Bertz CT molecular complexity index is 1070. The molecule has 29 heavy (non-hydrogen) atoms. The molecule has 0 saturated carbocycles. The highest BCUT2D eigenvalue weighted by Crippen LogP contribution is 2.44. The number of methoxy groups -OCH3 is 2. The SMILES string of the molecule is COc1cccc(-c2nc(SC)nc3sc(C(=O)NC(C)(C)C)c(N)c23)c1OC. The monoisotopic (exact) mass is 432 g/mol. The molecule has 0 spiro atoms. The summed E-state index contributed by atoms with van der Waals surface area (Å²) in [4.78, 5) is 23.1. The molecule has 0 fully saturated rings. The van der Waals surface area contributed by atoms with Crippen molar-refractivity contribution in [2.24, 2.45) is 0 Å². The Balaban J connectivity index is 2.30. The Hall–Kier alpha value is -2.52. The minimum Gasteiger partial charge on any atom is -0.493 e. The minimum atomic E-state index is -0.380. The largest absolute Gasteiger partial charge is 0.493 e. The van der Waals surface area contributed by atoms with E-state index in [9.17, 15) is 4.79 Å². The molecule has 0 aliphatic heterocycles. The molecule has 2 aromatic heterocycles. The van der Waals surface area contributed by atoms with Gasteiger partial charge in [-0.15, -0.1) is 11.3 Å². The van der Waals surface area contributed by atoms with Gasteiger partial charge in [-0.3, -0.25) is 4.79 Å². The minimum absolute atomic E-state index is 0.229. The molecular weight excluding hydrogens is 408 g/mol. The first-order valence-corrected chi connectivity index (χ1v) is 10.9. The number of benzene rings is 1. The number of nitrogens with two attached hydrogens (primary N) is 1. The Morgan fingerprint density at radius 3 is 2.52 bits per heavy atom. The summed E-state index contributed by atoms with van der Waals surface area (Å²) in [6.45, 7) is 5.77. The third kappa shape index (κ3) is 4.11. The van der Waals surface area contributed by atoms with E-state index in [1.54, 1.807) is 14.2 Å². The van der Waals surface area contributed by atoms with Crippen LogP contribution in [-0.4, -0.2) is 41.9 Å². The Morgan fingerprint density at radius 1 is 1.21 bits per heavy atom. The summed E-state index contributed by atoms with van der Waals surface area (Å²) in [6, 6.07) is 5.56. The number of anilines is 1. The maximum atomic E-state index is 12.8. The zero-order valence-corrected chi connectivity index (χ0v) is 18.9. The topological polar surface area (TPSA) is 99.4 Å². The quantitative estimate of drug-likeness (QED) is 0.460. The van der Waals surface area contributed by atoms with Crippen LogP contribution in [0.4, 0.5) is 5.69 Å². The smallest absolute Gasteiger partial charge is 0.263 e. The highest BCUT2D eigenvalue weighted by atomic mass is 32.2. The molecule has 1 aromatic carbocycles. The first kappa shape index (κ1) is 21.2. The highest BCUT2D eigenvalue weighted by Gasteiger charge is 2.26. The van der Waals surface area contributed by atoms with Crippen LogP contribution in [0.1, 0.15) is 30.4 Å². The third-order valence-corrected chi connectivity index (χ3v) is 5.75. The first-order chi connectivity index (χ1) is 13.7. The van der Waals surface area contributed by atoms with E-state index < -0.39 is 0 Å². The number of rotatable bonds is 5. The summed E-state index contributed by atoms with van der Waals surface area (Å²) < 4.78 is 11.0. The van der Waals surface area contributed by atoms with Crippen molar-refractivity contribution in [3.8, 4) is 22.8 Å². The van der Waals surface area contributed by atoms with Gasteiger partial charge in [0.05, 0.1) is 31.0 Å². The van der Waals surface area contributed by atoms with E-state index in [2.05, 4.69) is 10.3 Å². The van der Waals surface area contributed by atoms with Crippen LogP contribution in [0.3, 0.4) is 0 Å². The average Bonchev–Trinajstić information content (AvgIpc) is 3.02. The summed E-state index contributed by atoms with van der Waals surface area (Å²) in [5.41, 5.74) is 7.76. The van der Waals surface area contributed by atoms with Gasteiger partial charge in [0.25, 0.3) is 5.91 Å². The number of nitrogens with zero attached hydrogens (tertiary/aromatic N) is 2. The molecule has 0 saturated heterocycles. The third-order valence-electron chi connectivity index (χ3n) is 4.10. The van der Waals surface area contributed by atoms with Crippen LogP contribution in [-0.2, 0) is 0 Å². The molecule has 0 radical (unpaired) electrons. The molecule has 154 valence electrons. The van der Waals surface area contributed by atoms with Crippen molar-refractivity contribution >= 4 is 44.9 Å². The van der Waals surface area contributed by atoms with Crippen molar-refractivity contribution < 1.29 is 14.3 Å². The summed E-state index contributed by atoms with van der Waals surface area (Å²) in [5, 5.41) is 4.18. The predicted molar refractivity (Wildman–Crippen MR) is 119 cm³/mol. The van der Waals surface area contributed by atoms with Gasteiger partial charge >= 0.3 is 0 Å². The average molecular weight is 433 g/mol. The number of carbonyl (C=O) groups excluding carboxylic acids is 1. The Labute approximate surface area is 178 Å². The number of aromatic nitrogens is 2. The lowest BCUT2D eigenvalue weighted by atomic mass is 10.1. The standard InChI is InChI=1S/C20H24N4O3S2/c1-20(2,3)24-17(25)16-13(21)12-14(22-19(28-6)23-18(12)29-16)10-8-7-9-11(26-4)15(10)27-5/h7-9H,21H2,1-6H3,(H,24,25). The van der Waals surface area contributed by atoms with E-state index in [1.165, 1.54) is 23.1 Å². The highest BCUT2D eigenvalue weighted by molar-refractivity contribution is 7.98. The number of thioether (sulfide) groups is 1. The van der Waals surface area contributed by atoms with Crippen LogP contribution in [0.5, 0.6) is 11.5 Å². The lowest BCUT2D eigenvalue weighted by Crippen LogP contribution is -2.40. The Kier molecular flexibility index (Phi) is 5.90. The van der Waals surface area contributed by atoms with Crippen LogP contribution in [0, 0.1) is 0 Å². The molecule has 0 aliphatic carbocycles. The van der Waals surface area contributed by atoms with Crippen molar-refractivity contribution in [3.05, 3.63) is 23.1 Å². The number of hydrogen-bond acceptors (Lipinski definition) is 8.